The van der Waals surface area contributed by atoms with Gasteiger partial charge in [-0.15, -0.1) is 0 Å². The van der Waals surface area contributed by atoms with E-state index >= 15 is 0 Å². The van der Waals surface area contributed by atoms with Crippen LogP contribution in [-0.4, -0.2) is 53.9 Å². The molecular formula is C44H82NO9P. The molecule has 0 saturated carbocycles. The second-order valence-electron chi connectivity index (χ2n) is 14.9. The maximum atomic E-state index is 12.6. The number of carboxylic acid groups (broad SMARTS) is 1. The number of unbranched alkanes of at least 4 members (excludes halogenated alkanes) is 24. The zero-order valence-corrected chi connectivity index (χ0v) is 35.9. The summed E-state index contributed by atoms with van der Waals surface area (Å²) in [4.78, 5) is 33.5. The number of carbonyl (C=O) groups excluding carboxylic acids is 1. The molecule has 0 aliphatic heterocycles. The van der Waals surface area contributed by atoms with Crippen LogP contribution in [0.1, 0.15) is 200 Å². The Balaban J connectivity index is 4.28. The van der Waals surface area contributed by atoms with Crippen LogP contribution in [0.25, 0.3) is 0 Å². The predicted octanol–water partition coefficient (Wildman–Crippen LogP) is 12.4. The zero-order chi connectivity index (χ0) is 40.5. The van der Waals surface area contributed by atoms with E-state index in [1.807, 2.05) is 6.08 Å². The minimum atomic E-state index is -4.63. The Kier molecular flexibility index (Phi) is 38.8. The van der Waals surface area contributed by atoms with Crippen molar-refractivity contribution in [2.75, 3.05) is 19.8 Å². The van der Waals surface area contributed by atoms with Crippen molar-refractivity contribution < 1.29 is 42.7 Å². The lowest BCUT2D eigenvalue weighted by Gasteiger charge is -2.20. The maximum absolute atomic E-state index is 12.6. The molecule has 3 atom stereocenters. The molecule has 0 fully saturated rings. The van der Waals surface area contributed by atoms with Gasteiger partial charge in [-0.25, -0.2) is 4.57 Å². The number of nitrogens with two attached hydrogens (primary N) is 1. The summed E-state index contributed by atoms with van der Waals surface area (Å²) in [5, 5.41) is 8.89. The Bertz CT molecular complexity index is 1020. The molecule has 1 unspecified atom stereocenters. The molecule has 322 valence electrons. The van der Waals surface area contributed by atoms with E-state index in [-0.39, 0.29) is 13.0 Å². The van der Waals surface area contributed by atoms with Gasteiger partial charge in [0, 0.05) is 6.42 Å². The van der Waals surface area contributed by atoms with Crippen LogP contribution in [0.5, 0.6) is 0 Å². The van der Waals surface area contributed by atoms with Crippen LogP contribution in [0.2, 0.25) is 0 Å². The summed E-state index contributed by atoms with van der Waals surface area (Å²) in [6, 6.07) is -1.48. The molecule has 55 heavy (non-hydrogen) atoms. The van der Waals surface area contributed by atoms with Gasteiger partial charge in [0.05, 0.1) is 19.5 Å². The Hall–Kier alpha value is -1.97. The number of esters is 1. The lowest BCUT2D eigenvalue weighted by molar-refractivity contribution is -0.153. The fourth-order valence-electron chi connectivity index (χ4n) is 6.01. The second kappa shape index (κ2) is 40.2. The van der Waals surface area contributed by atoms with Crippen molar-refractivity contribution in [3.05, 3.63) is 36.6 Å². The molecule has 11 heteroatoms. The summed E-state index contributed by atoms with van der Waals surface area (Å²) in [7, 11) is -4.63. The van der Waals surface area contributed by atoms with Gasteiger partial charge in [-0.3, -0.25) is 18.6 Å². The molecule has 4 N–H and O–H groups in total. The van der Waals surface area contributed by atoms with E-state index in [9.17, 15) is 19.0 Å². The first-order chi connectivity index (χ1) is 26.7. The third-order valence-electron chi connectivity index (χ3n) is 9.49. The molecule has 0 rings (SSSR count). The van der Waals surface area contributed by atoms with Crippen molar-refractivity contribution in [2.24, 2.45) is 5.73 Å². The molecule has 0 amide bonds. The van der Waals surface area contributed by atoms with Crippen molar-refractivity contribution >= 4 is 19.8 Å². The Morgan fingerprint density at radius 3 is 1.51 bits per heavy atom. The maximum Gasteiger partial charge on any atom is 0.472 e. The Morgan fingerprint density at radius 2 is 1.00 bits per heavy atom. The first-order valence-corrected chi connectivity index (χ1v) is 23.6. The number of allylic oxidation sites excluding steroid dienone is 5. The number of hydrogen-bond donors (Lipinski definition) is 3. The van der Waals surface area contributed by atoms with E-state index < -0.39 is 45.1 Å². The average molecular weight is 800 g/mol. The third-order valence-corrected chi connectivity index (χ3v) is 10.4. The van der Waals surface area contributed by atoms with Crippen molar-refractivity contribution in [2.45, 2.75) is 212 Å². The molecule has 0 aliphatic rings. The van der Waals surface area contributed by atoms with E-state index in [1.54, 1.807) is 6.26 Å². The van der Waals surface area contributed by atoms with Gasteiger partial charge in [0.25, 0.3) is 0 Å². The molecule has 0 aliphatic carbocycles. The molecule has 0 radical (unpaired) electrons. The fraction of sp³-hybridized carbons (Fsp3) is 0.818. The Morgan fingerprint density at radius 1 is 0.582 bits per heavy atom. The number of carboxylic acids is 1. The van der Waals surface area contributed by atoms with Crippen LogP contribution in [-0.2, 0) is 32.7 Å². The summed E-state index contributed by atoms with van der Waals surface area (Å²) in [5.74, 6) is -1.82. The van der Waals surface area contributed by atoms with Crippen LogP contribution >= 0.6 is 7.82 Å². The molecule has 0 bridgehead atoms. The van der Waals surface area contributed by atoms with Gasteiger partial charge in [-0.1, -0.05) is 167 Å². The molecule has 0 saturated heterocycles. The van der Waals surface area contributed by atoms with Gasteiger partial charge < -0.3 is 25.2 Å². The number of phosphoric ester groups is 1. The highest BCUT2D eigenvalue weighted by molar-refractivity contribution is 7.47. The highest BCUT2D eigenvalue weighted by atomic mass is 31.2. The summed E-state index contributed by atoms with van der Waals surface area (Å²) < 4.78 is 33.1. The van der Waals surface area contributed by atoms with Crippen LogP contribution < -0.4 is 5.73 Å². The lowest BCUT2D eigenvalue weighted by atomic mass is 10.0. The number of ether oxygens (including phenoxy) is 2. The van der Waals surface area contributed by atoms with Crippen molar-refractivity contribution in [3.63, 3.8) is 0 Å². The van der Waals surface area contributed by atoms with Gasteiger partial charge in [-0.2, -0.15) is 0 Å². The normalized spacial score (nSPS) is 14.2. The zero-order valence-electron chi connectivity index (χ0n) is 35.0. The Labute approximate surface area is 336 Å². The number of carbonyl (C=O) groups is 2. The van der Waals surface area contributed by atoms with E-state index in [2.05, 4.69) is 38.2 Å². The molecule has 0 aromatic rings. The average Bonchev–Trinajstić information content (AvgIpc) is 3.16. The van der Waals surface area contributed by atoms with Crippen molar-refractivity contribution in [3.8, 4) is 0 Å². The summed E-state index contributed by atoms with van der Waals surface area (Å²) in [5.41, 5.74) is 5.35. The largest absolute Gasteiger partial charge is 0.498 e. The molecule has 0 spiro atoms. The minimum absolute atomic E-state index is 0.0714. The lowest BCUT2D eigenvalue weighted by Crippen LogP contribution is -2.34. The monoisotopic (exact) mass is 800 g/mol. The summed E-state index contributed by atoms with van der Waals surface area (Å²) in [6.07, 6.45) is 45.7. The predicted molar refractivity (Wildman–Crippen MR) is 226 cm³/mol. The minimum Gasteiger partial charge on any atom is -0.498 e. The summed E-state index contributed by atoms with van der Waals surface area (Å²) in [6.45, 7) is 3.24. The molecular weight excluding hydrogens is 717 g/mol. The van der Waals surface area contributed by atoms with Gasteiger partial charge >= 0.3 is 19.8 Å². The highest BCUT2D eigenvalue weighted by Gasteiger charge is 2.27. The van der Waals surface area contributed by atoms with Gasteiger partial charge in [0.1, 0.15) is 12.6 Å². The molecule has 0 heterocycles. The second-order valence-corrected chi connectivity index (χ2v) is 16.3. The van der Waals surface area contributed by atoms with Crippen molar-refractivity contribution in [1.29, 1.82) is 0 Å². The first kappa shape index (κ1) is 53.0. The SMILES string of the molecule is CCCCC/C=C\C/C=C\CCCCCCCC(=O)O[C@H](CO/C=C\CCCCCCCCCCCCCCCCCC)COP(=O)(O)OC[C@H](N)C(=O)O. The van der Waals surface area contributed by atoms with E-state index in [0.717, 1.165) is 51.4 Å². The smallest absolute Gasteiger partial charge is 0.472 e. The quantitative estimate of drug-likeness (QED) is 0.0179. The van der Waals surface area contributed by atoms with Crippen LogP contribution in [0, 0.1) is 0 Å². The first-order valence-electron chi connectivity index (χ1n) is 22.1. The number of aliphatic carboxylic acids is 1. The van der Waals surface area contributed by atoms with Crippen LogP contribution in [0.3, 0.4) is 0 Å². The summed E-state index contributed by atoms with van der Waals surface area (Å²) >= 11 is 0. The fourth-order valence-corrected chi connectivity index (χ4v) is 6.79. The van der Waals surface area contributed by atoms with Gasteiger partial charge in [0.2, 0.25) is 0 Å². The number of hydrogen-bond acceptors (Lipinski definition) is 8. The molecule has 0 aromatic heterocycles. The number of rotatable bonds is 42. The molecule has 10 nitrogen and oxygen atoms in total. The van der Waals surface area contributed by atoms with Crippen molar-refractivity contribution in [1.82, 2.24) is 0 Å². The van der Waals surface area contributed by atoms with Gasteiger partial charge in [0.15, 0.2) is 6.10 Å². The van der Waals surface area contributed by atoms with Crippen LogP contribution in [0.15, 0.2) is 36.6 Å². The topological polar surface area (TPSA) is 155 Å². The highest BCUT2D eigenvalue weighted by Crippen LogP contribution is 2.43. The molecule has 0 aromatic carbocycles. The van der Waals surface area contributed by atoms with E-state index in [1.165, 1.54) is 122 Å². The van der Waals surface area contributed by atoms with E-state index in [4.69, 9.17) is 29.4 Å². The van der Waals surface area contributed by atoms with E-state index in [0.29, 0.717) is 6.42 Å². The third kappa shape index (κ3) is 40.0. The standard InChI is InChI=1S/C44H82NO9P/c1-3-5-7-9-11-13-15-17-19-20-21-23-25-27-29-31-33-35-37-51-38-41(39-52-55(49,50)53-40-42(45)44(47)48)54-43(46)36-34-32-30-28-26-24-22-18-16-14-12-10-8-6-4-2/h12,14,18,22,35,37,41-42H,3-11,13,15-17,19-21,23-34,36,38-40,45H2,1-2H3,(H,47,48)(H,49,50)/b14-12-,22-18-,37-35-/t41-,42+/m1/s1. The van der Waals surface area contributed by atoms with Gasteiger partial charge in [-0.05, 0) is 57.4 Å². The van der Waals surface area contributed by atoms with Crippen LogP contribution in [0.4, 0.5) is 0 Å². The number of phosphoric acid groups is 1.